The van der Waals surface area contributed by atoms with Crippen molar-refractivity contribution >= 4 is 11.9 Å². The molecule has 0 radical (unpaired) electrons. The lowest BCUT2D eigenvalue weighted by Gasteiger charge is -2.07. The largest absolute Gasteiger partial charge is 0.480 e. The zero-order valence-electron chi connectivity index (χ0n) is 9.41. The average molecular weight is 221 g/mol. The van der Waals surface area contributed by atoms with Gasteiger partial charge in [0.15, 0.2) is 0 Å². The Balaban J connectivity index is 2.62. The minimum absolute atomic E-state index is 0.223. The molecule has 1 amide bonds. The molecular formula is C12H15NO3. The molecule has 0 bridgehead atoms. The first-order valence-electron chi connectivity index (χ1n) is 5.03. The molecule has 1 aromatic carbocycles. The number of carbonyl (C=O) groups is 2. The number of amides is 1. The third-order valence-corrected chi connectivity index (χ3v) is 2.29. The highest BCUT2D eigenvalue weighted by atomic mass is 16.4. The molecule has 0 unspecified atom stereocenters. The van der Waals surface area contributed by atoms with Crippen LogP contribution >= 0.6 is 0 Å². The van der Waals surface area contributed by atoms with E-state index >= 15 is 0 Å². The van der Waals surface area contributed by atoms with Crippen molar-refractivity contribution in [1.82, 2.24) is 5.32 Å². The van der Waals surface area contributed by atoms with E-state index in [1.54, 1.807) is 0 Å². The molecule has 0 saturated carbocycles. The van der Waals surface area contributed by atoms with E-state index in [9.17, 15) is 9.59 Å². The second-order valence-electron chi connectivity index (χ2n) is 3.78. The quantitative estimate of drug-likeness (QED) is 0.798. The van der Waals surface area contributed by atoms with Crippen LogP contribution in [0, 0.1) is 13.8 Å². The molecule has 0 aromatic heterocycles. The van der Waals surface area contributed by atoms with Gasteiger partial charge in [0.1, 0.15) is 6.54 Å². The number of carbonyl (C=O) groups excluding carboxylic acids is 1. The monoisotopic (exact) mass is 221 g/mol. The Labute approximate surface area is 94.3 Å². The Kier molecular flexibility index (Phi) is 4.05. The lowest BCUT2D eigenvalue weighted by atomic mass is 10.0. The molecule has 86 valence electrons. The van der Waals surface area contributed by atoms with Crippen LogP contribution in [0.25, 0.3) is 0 Å². The molecule has 16 heavy (non-hydrogen) atoms. The van der Waals surface area contributed by atoms with Gasteiger partial charge in [-0.15, -0.1) is 0 Å². The number of hydrogen-bond donors (Lipinski definition) is 2. The first-order valence-corrected chi connectivity index (χ1v) is 5.03. The fourth-order valence-electron chi connectivity index (χ4n) is 1.40. The maximum atomic E-state index is 11.4. The van der Waals surface area contributed by atoms with Gasteiger partial charge in [-0.05, 0) is 25.0 Å². The van der Waals surface area contributed by atoms with Gasteiger partial charge < -0.3 is 10.4 Å². The van der Waals surface area contributed by atoms with Crippen molar-refractivity contribution in [3.63, 3.8) is 0 Å². The summed E-state index contributed by atoms with van der Waals surface area (Å²) in [6.07, 6.45) is 0.223. The van der Waals surface area contributed by atoms with Gasteiger partial charge >= 0.3 is 5.97 Å². The van der Waals surface area contributed by atoms with Gasteiger partial charge in [0.25, 0.3) is 0 Å². The molecule has 4 heteroatoms. The Bertz CT molecular complexity index is 413. The SMILES string of the molecule is Cc1ccc(C)c(CC(=O)NCC(=O)O)c1. The van der Waals surface area contributed by atoms with Gasteiger partial charge in [0, 0.05) is 0 Å². The van der Waals surface area contributed by atoms with E-state index in [2.05, 4.69) is 5.32 Å². The predicted octanol–water partition coefficient (Wildman–Crippen LogP) is 1.05. The van der Waals surface area contributed by atoms with E-state index in [0.29, 0.717) is 0 Å². The summed E-state index contributed by atoms with van der Waals surface area (Å²) in [7, 11) is 0. The normalized spacial score (nSPS) is 9.88. The van der Waals surface area contributed by atoms with Crippen LogP contribution in [0.1, 0.15) is 16.7 Å². The van der Waals surface area contributed by atoms with E-state index in [1.807, 2.05) is 32.0 Å². The van der Waals surface area contributed by atoms with Gasteiger partial charge in [0.05, 0.1) is 6.42 Å². The summed E-state index contributed by atoms with van der Waals surface area (Å²) < 4.78 is 0. The lowest BCUT2D eigenvalue weighted by molar-refractivity contribution is -0.137. The summed E-state index contributed by atoms with van der Waals surface area (Å²) in [4.78, 5) is 21.7. The molecule has 0 aliphatic heterocycles. The van der Waals surface area contributed by atoms with Crippen LogP contribution in [0.5, 0.6) is 0 Å². The van der Waals surface area contributed by atoms with E-state index in [1.165, 1.54) is 0 Å². The Hall–Kier alpha value is -1.84. The van der Waals surface area contributed by atoms with Gasteiger partial charge in [-0.2, -0.15) is 0 Å². The van der Waals surface area contributed by atoms with Crippen molar-refractivity contribution in [3.8, 4) is 0 Å². The van der Waals surface area contributed by atoms with Crippen molar-refractivity contribution < 1.29 is 14.7 Å². The minimum Gasteiger partial charge on any atom is -0.480 e. The summed E-state index contributed by atoms with van der Waals surface area (Å²) in [6.45, 7) is 3.56. The highest BCUT2D eigenvalue weighted by molar-refractivity contribution is 5.83. The number of rotatable bonds is 4. The maximum Gasteiger partial charge on any atom is 0.322 e. The number of nitrogens with one attached hydrogen (secondary N) is 1. The third kappa shape index (κ3) is 3.73. The topological polar surface area (TPSA) is 66.4 Å². The second kappa shape index (κ2) is 5.30. The van der Waals surface area contributed by atoms with E-state index < -0.39 is 5.97 Å². The number of aliphatic carboxylic acids is 1. The van der Waals surface area contributed by atoms with Crippen molar-refractivity contribution in [2.45, 2.75) is 20.3 Å². The Morgan fingerprint density at radius 3 is 2.62 bits per heavy atom. The first kappa shape index (κ1) is 12.2. The van der Waals surface area contributed by atoms with E-state index in [4.69, 9.17) is 5.11 Å². The smallest absolute Gasteiger partial charge is 0.322 e. The van der Waals surface area contributed by atoms with Crippen LogP contribution in [-0.2, 0) is 16.0 Å². The van der Waals surface area contributed by atoms with Crippen LogP contribution < -0.4 is 5.32 Å². The predicted molar refractivity (Wildman–Crippen MR) is 60.3 cm³/mol. The molecule has 0 atom stereocenters. The van der Waals surface area contributed by atoms with Crippen molar-refractivity contribution in [1.29, 1.82) is 0 Å². The lowest BCUT2D eigenvalue weighted by Crippen LogP contribution is -2.30. The zero-order valence-corrected chi connectivity index (χ0v) is 9.41. The third-order valence-electron chi connectivity index (χ3n) is 2.29. The van der Waals surface area contributed by atoms with Gasteiger partial charge in [-0.25, -0.2) is 0 Å². The molecule has 0 saturated heterocycles. The molecule has 1 rings (SSSR count). The summed E-state index contributed by atoms with van der Waals surface area (Å²) in [5.74, 6) is -1.30. The zero-order chi connectivity index (χ0) is 12.1. The van der Waals surface area contributed by atoms with Crippen LogP contribution in [0.3, 0.4) is 0 Å². The average Bonchev–Trinajstić information content (AvgIpc) is 2.20. The molecule has 0 heterocycles. The van der Waals surface area contributed by atoms with Crippen LogP contribution in [0.15, 0.2) is 18.2 Å². The number of aryl methyl sites for hydroxylation is 2. The van der Waals surface area contributed by atoms with Gasteiger partial charge in [-0.3, -0.25) is 9.59 Å². The molecular weight excluding hydrogens is 206 g/mol. The first-order chi connectivity index (χ1) is 7.49. The van der Waals surface area contributed by atoms with Crippen LogP contribution in [-0.4, -0.2) is 23.5 Å². The number of carboxylic acid groups (broad SMARTS) is 1. The summed E-state index contributed by atoms with van der Waals surface area (Å²) in [5.41, 5.74) is 3.06. The standard InChI is InChI=1S/C12H15NO3/c1-8-3-4-9(2)10(5-8)6-11(14)13-7-12(15)16/h3-5H,6-7H2,1-2H3,(H,13,14)(H,15,16). The Morgan fingerprint density at radius 2 is 2.00 bits per heavy atom. The summed E-state index contributed by atoms with van der Waals surface area (Å²) >= 11 is 0. The number of hydrogen-bond acceptors (Lipinski definition) is 2. The molecule has 0 aliphatic carbocycles. The van der Waals surface area contributed by atoms with Gasteiger partial charge in [0.2, 0.25) is 5.91 Å². The van der Waals surface area contributed by atoms with Crippen LogP contribution in [0.4, 0.5) is 0 Å². The highest BCUT2D eigenvalue weighted by Crippen LogP contribution is 2.11. The molecule has 2 N–H and O–H groups in total. The number of carboxylic acids is 1. The van der Waals surface area contributed by atoms with Crippen molar-refractivity contribution in [2.24, 2.45) is 0 Å². The Morgan fingerprint density at radius 1 is 1.31 bits per heavy atom. The highest BCUT2D eigenvalue weighted by Gasteiger charge is 2.07. The fraction of sp³-hybridized carbons (Fsp3) is 0.333. The summed E-state index contributed by atoms with van der Waals surface area (Å²) in [5, 5.41) is 10.8. The van der Waals surface area contributed by atoms with E-state index in [-0.39, 0.29) is 18.9 Å². The maximum absolute atomic E-state index is 11.4. The minimum atomic E-state index is -1.03. The van der Waals surface area contributed by atoms with E-state index in [0.717, 1.165) is 16.7 Å². The molecule has 4 nitrogen and oxygen atoms in total. The second-order valence-corrected chi connectivity index (χ2v) is 3.78. The molecule has 0 aliphatic rings. The van der Waals surface area contributed by atoms with Crippen molar-refractivity contribution in [2.75, 3.05) is 6.54 Å². The molecule has 0 fully saturated rings. The fourth-order valence-corrected chi connectivity index (χ4v) is 1.40. The number of benzene rings is 1. The molecule has 1 aromatic rings. The summed E-state index contributed by atoms with van der Waals surface area (Å²) in [6, 6.07) is 5.87. The van der Waals surface area contributed by atoms with Gasteiger partial charge in [-0.1, -0.05) is 23.8 Å². The van der Waals surface area contributed by atoms with Crippen molar-refractivity contribution in [3.05, 3.63) is 34.9 Å². The molecule has 0 spiro atoms. The van der Waals surface area contributed by atoms with Crippen LogP contribution in [0.2, 0.25) is 0 Å².